The third-order valence-electron chi connectivity index (χ3n) is 3.26. The molecule has 2 bridgehead atoms. The second-order valence-electron chi connectivity index (χ2n) is 4.03. The van der Waals surface area contributed by atoms with E-state index in [4.69, 9.17) is 9.84 Å². The quantitative estimate of drug-likeness (QED) is 0.564. The molecule has 0 amide bonds. The number of carboxylic acids is 1. The van der Waals surface area contributed by atoms with Crippen LogP contribution in [0.25, 0.3) is 0 Å². The largest absolute Gasteiger partial charge is 0.481 e. The summed E-state index contributed by atoms with van der Waals surface area (Å²) in [4.78, 5) is 22.2. The smallest absolute Gasteiger partial charge is 0.310 e. The monoisotopic (exact) mass is 200 g/mol. The van der Waals surface area contributed by atoms with Gasteiger partial charge in [0.15, 0.2) is 0 Å². The molecule has 1 heterocycles. The van der Waals surface area contributed by atoms with Crippen molar-refractivity contribution in [3.8, 4) is 0 Å². The summed E-state index contributed by atoms with van der Waals surface area (Å²) in [5.41, 5.74) is 0. The number of fused-ring (bicyclic) bond motifs is 2. The summed E-state index contributed by atoms with van der Waals surface area (Å²) in [5.74, 6) is -3.32. The van der Waals surface area contributed by atoms with Crippen molar-refractivity contribution >= 4 is 11.9 Å². The van der Waals surface area contributed by atoms with E-state index in [1.165, 1.54) is 0 Å². The number of aliphatic hydroxyl groups is 1. The summed E-state index contributed by atoms with van der Waals surface area (Å²) in [7, 11) is 0. The molecule has 2 rings (SSSR count). The van der Waals surface area contributed by atoms with Crippen molar-refractivity contribution < 1.29 is 24.5 Å². The maximum Gasteiger partial charge on any atom is 0.310 e. The first-order chi connectivity index (χ1) is 6.52. The van der Waals surface area contributed by atoms with Crippen LogP contribution in [-0.2, 0) is 14.3 Å². The number of aliphatic carboxylic acids is 1. The van der Waals surface area contributed by atoms with Crippen molar-refractivity contribution in [2.24, 2.45) is 17.8 Å². The number of carbonyl (C=O) groups is 2. The van der Waals surface area contributed by atoms with Gasteiger partial charge < -0.3 is 14.9 Å². The van der Waals surface area contributed by atoms with Crippen LogP contribution in [0.15, 0.2) is 0 Å². The Morgan fingerprint density at radius 1 is 1.57 bits per heavy atom. The van der Waals surface area contributed by atoms with Crippen LogP contribution >= 0.6 is 0 Å². The molecule has 1 saturated carbocycles. The minimum absolute atomic E-state index is 0.335. The fraction of sp³-hybridized carbons (Fsp3) is 0.778. The van der Waals surface area contributed by atoms with Crippen LogP contribution in [0.3, 0.4) is 0 Å². The molecular formula is C9H12O5. The highest BCUT2D eigenvalue weighted by molar-refractivity contribution is 5.83. The third-order valence-corrected chi connectivity index (χ3v) is 3.26. The second kappa shape index (κ2) is 2.95. The van der Waals surface area contributed by atoms with Crippen molar-refractivity contribution in [2.75, 3.05) is 0 Å². The summed E-state index contributed by atoms with van der Waals surface area (Å²) in [6.45, 7) is 1.64. The van der Waals surface area contributed by atoms with Crippen LogP contribution in [0.4, 0.5) is 0 Å². The minimum Gasteiger partial charge on any atom is -0.481 e. The van der Waals surface area contributed by atoms with Crippen LogP contribution in [0.5, 0.6) is 0 Å². The number of hydrogen-bond donors (Lipinski definition) is 2. The lowest BCUT2D eigenvalue weighted by atomic mass is 9.72. The van der Waals surface area contributed by atoms with E-state index in [0.29, 0.717) is 6.42 Å². The number of esters is 1. The summed E-state index contributed by atoms with van der Waals surface area (Å²) in [5, 5.41) is 18.6. The average molecular weight is 200 g/mol. The Labute approximate surface area is 80.7 Å². The lowest BCUT2D eigenvalue weighted by molar-refractivity contribution is -0.152. The van der Waals surface area contributed by atoms with E-state index in [1.54, 1.807) is 6.92 Å². The number of aliphatic hydroxyl groups excluding tert-OH is 1. The molecule has 0 spiro atoms. The Bertz CT molecular complexity index is 287. The van der Waals surface area contributed by atoms with E-state index in [2.05, 4.69) is 0 Å². The lowest BCUT2D eigenvalue weighted by Gasteiger charge is -2.32. The Kier molecular flexibility index (Phi) is 1.99. The predicted molar refractivity (Wildman–Crippen MR) is 44.3 cm³/mol. The maximum atomic E-state index is 11.3. The van der Waals surface area contributed by atoms with E-state index in [-0.39, 0.29) is 0 Å². The average Bonchev–Trinajstić information content (AvgIpc) is 2.42. The Morgan fingerprint density at radius 3 is 2.79 bits per heavy atom. The number of hydrogen-bond acceptors (Lipinski definition) is 4. The molecule has 2 fully saturated rings. The van der Waals surface area contributed by atoms with Gasteiger partial charge in [0, 0.05) is 6.42 Å². The van der Waals surface area contributed by atoms with Gasteiger partial charge in [0.05, 0.1) is 17.9 Å². The van der Waals surface area contributed by atoms with Gasteiger partial charge in [-0.1, -0.05) is 6.92 Å². The molecule has 78 valence electrons. The lowest BCUT2D eigenvalue weighted by Crippen LogP contribution is -2.44. The van der Waals surface area contributed by atoms with Crippen LogP contribution in [0, 0.1) is 17.8 Å². The molecule has 5 nitrogen and oxygen atoms in total. The van der Waals surface area contributed by atoms with Crippen LogP contribution in [-0.4, -0.2) is 34.4 Å². The molecule has 0 aromatic rings. The van der Waals surface area contributed by atoms with Gasteiger partial charge in [0.1, 0.15) is 6.10 Å². The molecule has 1 aliphatic carbocycles. The van der Waals surface area contributed by atoms with E-state index in [1.807, 2.05) is 0 Å². The first-order valence-electron chi connectivity index (χ1n) is 4.63. The molecule has 5 atom stereocenters. The first kappa shape index (κ1) is 9.45. The molecule has 2 N–H and O–H groups in total. The number of carbonyl (C=O) groups excluding carboxylic acids is 1. The molecule has 0 aromatic carbocycles. The van der Waals surface area contributed by atoms with Gasteiger partial charge in [0.2, 0.25) is 0 Å². The fourth-order valence-corrected chi connectivity index (χ4v) is 2.45. The fourth-order valence-electron chi connectivity index (χ4n) is 2.45. The van der Waals surface area contributed by atoms with Gasteiger partial charge in [-0.15, -0.1) is 0 Å². The van der Waals surface area contributed by atoms with E-state index < -0.39 is 41.9 Å². The minimum atomic E-state index is -1.03. The summed E-state index contributed by atoms with van der Waals surface area (Å²) in [6, 6.07) is 0. The van der Waals surface area contributed by atoms with Gasteiger partial charge in [-0.3, -0.25) is 9.59 Å². The van der Waals surface area contributed by atoms with Crippen molar-refractivity contribution in [3.05, 3.63) is 0 Å². The number of ether oxygens (including phenoxy) is 1. The molecule has 5 heteroatoms. The molecule has 2 aliphatic rings. The van der Waals surface area contributed by atoms with Crippen molar-refractivity contribution in [1.29, 1.82) is 0 Å². The van der Waals surface area contributed by atoms with Gasteiger partial charge in [-0.25, -0.2) is 0 Å². The van der Waals surface area contributed by atoms with Gasteiger partial charge in [-0.2, -0.15) is 0 Å². The highest BCUT2D eigenvalue weighted by atomic mass is 16.6. The summed E-state index contributed by atoms with van der Waals surface area (Å²) < 4.78 is 4.90. The summed E-state index contributed by atoms with van der Waals surface area (Å²) >= 11 is 0. The highest BCUT2D eigenvalue weighted by Crippen LogP contribution is 2.42. The zero-order valence-corrected chi connectivity index (χ0v) is 7.71. The van der Waals surface area contributed by atoms with Gasteiger partial charge >= 0.3 is 11.9 Å². The molecular weight excluding hydrogens is 188 g/mol. The predicted octanol–water partition coefficient (Wildman–Crippen LogP) is -0.371. The normalized spacial score (nSPS) is 46.1. The number of carboxylic acid groups (broad SMARTS) is 1. The molecule has 0 aromatic heterocycles. The molecule has 1 aliphatic heterocycles. The van der Waals surface area contributed by atoms with Crippen molar-refractivity contribution in [3.63, 3.8) is 0 Å². The SMILES string of the molecule is C[C@@H]1[C@@H](O)[C@H]2C[C@H](C(=O)O2)[C@@H]1C(=O)O. The van der Waals surface area contributed by atoms with Crippen molar-refractivity contribution in [2.45, 2.75) is 25.6 Å². The van der Waals surface area contributed by atoms with Crippen LogP contribution < -0.4 is 0 Å². The van der Waals surface area contributed by atoms with E-state index in [0.717, 1.165) is 0 Å². The maximum absolute atomic E-state index is 11.3. The van der Waals surface area contributed by atoms with Crippen LogP contribution in [0.1, 0.15) is 13.3 Å². The third kappa shape index (κ3) is 1.12. The molecule has 0 radical (unpaired) electrons. The Morgan fingerprint density at radius 2 is 2.21 bits per heavy atom. The highest BCUT2D eigenvalue weighted by Gasteiger charge is 2.54. The second-order valence-corrected chi connectivity index (χ2v) is 4.03. The van der Waals surface area contributed by atoms with E-state index >= 15 is 0 Å². The number of rotatable bonds is 1. The van der Waals surface area contributed by atoms with Gasteiger partial charge in [-0.05, 0) is 5.92 Å². The Balaban J connectivity index is 2.31. The Hall–Kier alpha value is -1.10. The molecule has 0 unspecified atom stereocenters. The summed E-state index contributed by atoms with van der Waals surface area (Å²) in [6.07, 6.45) is -1.02. The van der Waals surface area contributed by atoms with Crippen molar-refractivity contribution in [1.82, 2.24) is 0 Å². The van der Waals surface area contributed by atoms with Gasteiger partial charge in [0.25, 0.3) is 0 Å². The molecule has 1 saturated heterocycles. The van der Waals surface area contributed by atoms with Crippen LogP contribution in [0.2, 0.25) is 0 Å². The zero-order chi connectivity index (χ0) is 10.5. The zero-order valence-electron chi connectivity index (χ0n) is 7.71. The topological polar surface area (TPSA) is 83.8 Å². The molecule has 14 heavy (non-hydrogen) atoms. The van der Waals surface area contributed by atoms with E-state index in [9.17, 15) is 14.7 Å². The first-order valence-corrected chi connectivity index (χ1v) is 4.63. The standard InChI is InChI=1S/C9H12O5/c1-3-6(8(11)12)4-2-5(7(3)10)14-9(4)13/h3-7,10H,2H2,1H3,(H,11,12)/t3-,4-,5+,6+,7+/m0/s1.